The molecule has 0 heterocycles. The molecular weight excluding hydrogens is 505 g/mol. The minimum atomic E-state index is -4.20. The van der Waals surface area contributed by atoms with Gasteiger partial charge < -0.3 is 20.9 Å². The first-order valence-corrected chi connectivity index (χ1v) is 12.5. The van der Waals surface area contributed by atoms with Crippen LogP contribution in [0.2, 0.25) is 0 Å². The Bertz CT molecular complexity index is 1310. The molecule has 4 N–H and O–H groups in total. The van der Waals surface area contributed by atoms with E-state index < -0.39 is 18.6 Å². The number of esters is 1. The van der Waals surface area contributed by atoms with Crippen molar-refractivity contribution in [2.45, 2.75) is 31.4 Å². The van der Waals surface area contributed by atoms with Gasteiger partial charge in [-0.25, -0.2) is 4.79 Å². The van der Waals surface area contributed by atoms with Crippen LogP contribution in [0.4, 0.5) is 24.5 Å². The fraction of sp³-hybridized carbons (Fsp3) is 0.194. The van der Waals surface area contributed by atoms with Crippen molar-refractivity contribution in [2.24, 2.45) is 0 Å². The molecule has 0 saturated heterocycles. The highest BCUT2D eigenvalue weighted by atomic mass is 19.4. The van der Waals surface area contributed by atoms with Crippen LogP contribution in [0.1, 0.15) is 45.8 Å². The second-order valence-electron chi connectivity index (χ2n) is 9.22. The number of carbonyl (C=O) groups excluding carboxylic acids is 1. The first-order valence-electron chi connectivity index (χ1n) is 12.5. The van der Waals surface area contributed by atoms with Crippen LogP contribution >= 0.6 is 0 Å². The molecule has 202 valence electrons. The Morgan fingerprint density at radius 3 is 1.74 bits per heavy atom. The largest absolute Gasteiger partial charge is 0.494 e. The van der Waals surface area contributed by atoms with Crippen molar-refractivity contribution in [2.75, 3.05) is 18.1 Å². The van der Waals surface area contributed by atoms with E-state index in [2.05, 4.69) is 0 Å². The molecule has 0 fully saturated rings. The monoisotopic (exact) mass is 534 g/mol. The molecule has 4 rings (SSSR count). The number of nitrogens with two attached hydrogens (primary N) is 2. The van der Waals surface area contributed by atoms with Gasteiger partial charge in [-0.2, -0.15) is 13.2 Å². The van der Waals surface area contributed by atoms with E-state index >= 15 is 0 Å². The van der Waals surface area contributed by atoms with Gasteiger partial charge in [-0.05, 0) is 90.2 Å². The molecule has 5 nitrogen and oxygen atoms in total. The molecule has 0 aromatic heterocycles. The molecule has 0 aliphatic rings. The van der Waals surface area contributed by atoms with E-state index in [0.29, 0.717) is 34.9 Å². The number of anilines is 2. The van der Waals surface area contributed by atoms with Gasteiger partial charge in [-0.3, -0.25) is 0 Å². The van der Waals surface area contributed by atoms with Gasteiger partial charge in [0.15, 0.2) is 0 Å². The van der Waals surface area contributed by atoms with Crippen molar-refractivity contribution in [1.29, 1.82) is 0 Å². The van der Waals surface area contributed by atoms with Crippen LogP contribution in [0.25, 0.3) is 0 Å². The van der Waals surface area contributed by atoms with E-state index in [1.807, 2.05) is 60.7 Å². The first kappa shape index (κ1) is 27.6. The molecule has 4 aromatic carbocycles. The molecule has 0 aliphatic heterocycles. The van der Waals surface area contributed by atoms with E-state index in [1.165, 1.54) is 24.3 Å². The summed E-state index contributed by atoms with van der Waals surface area (Å²) in [6, 6.07) is 29.0. The lowest BCUT2D eigenvalue weighted by Crippen LogP contribution is -2.10. The number of halogens is 3. The maximum atomic E-state index is 12.6. The summed E-state index contributed by atoms with van der Waals surface area (Å²) in [5.74, 6) is 0.310. The molecule has 0 aliphatic carbocycles. The van der Waals surface area contributed by atoms with Crippen molar-refractivity contribution >= 4 is 17.3 Å². The Balaban J connectivity index is 1.37. The molecule has 0 unspecified atom stereocenters. The van der Waals surface area contributed by atoms with Crippen LogP contribution in [0.15, 0.2) is 97.1 Å². The number of hydrogen-bond acceptors (Lipinski definition) is 5. The Morgan fingerprint density at radius 2 is 1.23 bits per heavy atom. The summed E-state index contributed by atoms with van der Waals surface area (Å²) in [5.41, 5.74) is 16.8. The third kappa shape index (κ3) is 8.26. The molecule has 0 atom stereocenters. The van der Waals surface area contributed by atoms with Crippen LogP contribution < -0.4 is 20.9 Å². The Kier molecular flexibility index (Phi) is 8.76. The molecule has 0 spiro atoms. The number of benzene rings is 4. The van der Waals surface area contributed by atoms with Crippen LogP contribution in [-0.2, 0) is 6.42 Å². The number of nitrogen functional groups attached to an aromatic ring is 2. The predicted molar refractivity (Wildman–Crippen MR) is 146 cm³/mol. The second-order valence-corrected chi connectivity index (χ2v) is 9.22. The first-order chi connectivity index (χ1) is 18.7. The summed E-state index contributed by atoms with van der Waals surface area (Å²) < 4.78 is 47.5. The average molecular weight is 535 g/mol. The van der Waals surface area contributed by atoms with Crippen LogP contribution in [-0.4, -0.2) is 18.8 Å². The van der Waals surface area contributed by atoms with Crippen LogP contribution in [0, 0.1) is 0 Å². The summed E-state index contributed by atoms with van der Waals surface area (Å²) in [6.45, 7) is -0.0623. The van der Waals surface area contributed by atoms with E-state index in [4.69, 9.17) is 20.9 Å². The summed E-state index contributed by atoms with van der Waals surface area (Å²) in [7, 11) is 0. The fourth-order valence-electron chi connectivity index (χ4n) is 4.13. The molecule has 0 amide bonds. The van der Waals surface area contributed by atoms with Crippen molar-refractivity contribution in [3.05, 3.63) is 119 Å². The maximum absolute atomic E-state index is 12.6. The summed E-state index contributed by atoms with van der Waals surface area (Å²) >= 11 is 0. The lowest BCUT2D eigenvalue weighted by atomic mass is 9.86. The van der Waals surface area contributed by atoms with E-state index in [0.717, 1.165) is 16.7 Å². The van der Waals surface area contributed by atoms with E-state index in [1.54, 1.807) is 12.1 Å². The van der Waals surface area contributed by atoms with Crippen molar-refractivity contribution < 1.29 is 27.4 Å². The van der Waals surface area contributed by atoms with Crippen LogP contribution in [0.5, 0.6) is 11.5 Å². The molecule has 4 aromatic rings. The van der Waals surface area contributed by atoms with Crippen molar-refractivity contribution in [3.8, 4) is 11.5 Å². The number of ether oxygens (including phenoxy) is 2. The van der Waals surface area contributed by atoms with Gasteiger partial charge >= 0.3 is 12.1 Å². The van der Waals surface area contributed by atoms with E-state index in [-0.39, 0.29) is 18.9 Å². The zero-order chi connectivity index (χ0) is 27.8. The lowest BCUT2D eigenvalue weighted by molar-refractivity contribution is -0.136. The highest BCUT2D eigenvalue weighted by Gasteiger charge is 2.26. The zero-order valence-corrected chi connectivity index (χ0v) is 21.2. The number of hydrogen-bond donors (Lipinski definition) is 2. The average Bonchev–Trinajstić information content (AvgIpc) is 2.92. The van der Waals surface area contributed by atoms with Gasteiger partial charge in [0.05, 0.1) is 12.2 Å². The SMILES string of the molecule is Nc1ccc(C(Cc2ccc(OC(=O)c3ccc(OCCCC(F)(F)F)cc3)cc2)c2ccc(N)cc2)cc1. The molecule has 39 heavy (non-hydrogen) atoms. The summed E-state index contributed by atoms with van der Waals surface area (Å²) in [4.78, 5) is 12.6. The summed E-state index contributed by atoms with van der Waals surface area (Å²) in [5, 5.41) is 0. The lowest BCUT2D eigenvalue weighted by Gasteiger charge is -2.19. The second kappa shape index (κ2) is 12.4. The van der Waals surface area contributed by atoms with Crippen LogP contribution in [0.3, 0.4) is 0 Å². The zero-order valence-electron chi connectivity index (χ0n) is 21.2. The molecular formula is C31H29F3N2O3. The number of rotatable bonds is 10. The standard InChI is InChI=1S/C31H29F3N2O3/c32-31(33,34)18-1-19-38-27-16-8-24(9-17-27)30(37)39-28-14-2-21(3-15-28)20-29(22-4-10-25(35)11-5-22)23-6-12-26(36)13-7-23/h2-17,29H,1,18-20,35-36H2. The Labute approximate surface area is 225 Å². The number of alkyl halides is 3. The van der Waals surface area contributed by atoms with Gasteiger partial charge in [0, 0.05) is 23.7 Å². The highest BCUT2D eigenvalue weighted by molar-refractivity contribution is 5.91. The molecule has 0 bridgehead atoms. The quantitative estimate of drug-likeness (QED) is 0.0975. The van der Waals surface area contributed by atoms with Crippen molar-refractivity contribution in [1.82, 2.24) is 0 Å². The highest BCUT2D eigenvalue weighted by Crippen LogP contribution is 2.30. The Morgan fingerprint density at radius 1 is 0.718 bits per heavy atom. The topological polar surface area (TPSA) is 87.6 Å². The molecule has 0 radical (unpaired) electrons. The summed E-state index contributed by atoms with van der Waals surface area (Å²) in [6.07, 6.45) is -4.53. The van der Waals surface area contributed by atoms with Gasteiger partial charge in [0.2, 0.25) is 0 Å². The van der Waals surface area contributed by atoms with Gasteiger partial charge in [0.1, 0.15) is 11.5 Å². The minimum Gasteiger partial charge on any atom is -0.494 e. The molecule has 0 saturated carbocycles. The minimum absolute atomic E-state index is 0.0623. The van der Waals surface area contributed by atoms with Gasteiger partial charge in [0.25, 0.3) is 0 Å². The van der Waals surface area contributed by atoms with Gasteiger partial charge in [-0.15, -0.1) is 0 Å². The third-order valence-corrected chi connectivity index (χ3v) is 6.21. The third-order valence-electron chi connectivity index (χ3n) is 6.21. The Hall–Kier alpha value is -4.46. The fourth-order valence-corrected chi connectivity index (χ4v) is 4.13. The number of carbonyl (C=O) groups is 1. The molecule has 8 heteroatoms. The normalized spacial score (nSPS) is 11.4. The maximum Gasteiger partial charge on any atom is 0.389 e. The predicted octanol–water partition coefficient (Wildman–Crippen LogP) is 7.17. The smallest absolute Gasteiger partial charge is 0.389 e. The van der Waals surface area contributed by atoms with Crippen molar-refractivity contribution in [3.63, 3.8) is 0 Å². The van der Waals surface area contributed by atoms with E-state index in [9.17, 15) is 18.0 Å². The van der Waals surface area contributed by atoms with Gasteiger partial charge in [-0.1, -0.05) is 36.4 Å².